The predicted molar refractivity (Wildman–Crippen MR) is 52.5 cm³/mol. The van der Waals surface area contributed by atoms with Gasteiger partial charge in [-0.1, -0.05) is 23.2 Å². The lowest BCUT2D eigenvalue weighted by Crippen LogP contribution is -2.12. The maximum absolute atomic E-state index is 11.2. The molecule has 0 aromatic carbocycles. The first kappa shape index (κ1) is 11.2. The third-order valence-corrected chi connectivity index (χ3v) is 2.38. The summed E-state index contributed by atoms with van der Waals surface area (Å²) in [6.07, 6.45) is 1.23. The highest BCUT2D eigenvalue weighted by Gasteiger charge is 2.22. The van der Waals surface area contributed by atoms with Gasteiger partial charge in [0, 0.05) is 5.56 Å². The van der Waals surface area contributed by atoms with Crippen LogP contribution in [0.5, 0.6) is 0 Å². The quantitative estimate of drug-likeness (QED) is 0.581. The lowest BCUT2D eigenvalue weighted by atomic mass is 10.1. The van der Waals surface area contributed by atoms with Gasteiger partial charge in [-0.25, -0.2) is 9.97 Å². The maximum Gasteiger partial charge on any atom is 0.313 e. The zero-order valence-electron chi connectivity index (χ0n) is 7.62. The Kier molecular flexibility index (Phi) is 3.66. The molecule has 0 N–H and O–H groups in total. The van der Waals surface area contributed by atoms with Gasteiger partial charge in [0.15, 0.2) is 0 Å². The first-order valence-corrected chi connectivity index (χ1v) is 4.57. The van der Waals surface area contributed by atoms with Gasteiger partial charge in [-0.05, 0) is 6.92 Å². The number of hydrogen-bond acceptors (Lipinski definition) is 4. The Morgan fingerprint density at radius 3 is 2.36 bits per heavy atom. The Labute approximate surface area is 91.2 Å². The van der Waals surface area contributed by atoms with E-state index < -0.39 is 11.9 Å². The van der Waals surface area contributed by atoms with Crippen LogP contribution in [0.1, 0.15) is 18.4 Å². The number of hydrogen-bond donors (Lipinski definition) is 0. The first-order valence-electron chi connectivity index (χ1n) is 3.81. The zero-order chi connectivity index (χ0) is 10.7. The molecule has 0 aliphatic heterocycles. The summed E-state index contributed by atoms with van der Waals surface area (Å²) in [6.45, 7) is 1.63. The largest absolute Gasteiger partial charge is 0.469 e. The van der Waals surface area contributed by atoms with E-state index in [1.165, 1.54) is 13.4 Å². The third kappa shape index (κ3) is 2.13. The van der Waals surface area contributed by atoms with E-state index in [2.05, 4.69) is 14.7 Å². The number of rotatable bonds is 2. The molecule has 0 spiro atoms. The molecule has 0 saturated carbocycles. The van der Waals surface area contributed by atoms with E-state index in [1.54, 1.807) is 6.92 Å². The standard InChI is InChI=1S/C8H8Cl2N2O2/c1-4(8(13)14-2)5-6(9)11-3-12-7(5)10/h3-4H,1-2H3. The van der Waals surface area contributed by atoms with Crippen LogP contribution in [-0.2, 0) is 9.53 Å². The van der Waals surface area contributed by atoms with Gasteiger partial charge in [0.2, 0.25) is 0 Å². The maximum atomic E-state index is 11.2. The van der Waals surface area contributed by atoms with Crippen molar-refractivity contribution in [2.75, 3.05) is 7.11 Å². The first-order chi connectivity index (χ1) is 6.57. The van der Waals surface area contributed by atoms with Gasteiger partial charge in [-0.3, -0.25) is 4.79 Å². The summed E-state index contributed by atoms with van der Waals surface area (Å²) in [5.41, 5.74) is 0.391. The SMILES string of the molecule is COC(=O)C(C)c1c(Cl)ncnc1Cl. The average Bonchev–Trinajstić information content (AvgIpc) is 2.16. The van der Waals surface area contributed by atoms with Gasteiger partial charge in [0.05, 0.1) is 13.0 Å². The van der Waals surface area contributed by atoms with Crippen molar-refractivity contribution < 1.29 is 9.53 Å². The van der Waals surface area contributed by atoms with Gasteiger partial charge >= 0.3 is 5.97 Å². The number of methoxy groups -OCH3 is 1. The topological polar surface area (TPSA) is 52.1 Å². The molecule has 0 saturated heterocycles. The van der Waals surface area contributed by atoms with E-state index in [0.29, 0.717) is 5.56 Å². The summed E-state index contributed by atoms with van der Waals surface area (Å²) in [6, 6.07) is 0. The van der Waals surface area contributed by atoms with Crippen LogP contribution in [0.4, 0.5) is 0 Å². The van der Waals surface area contributed by atoms with E-state index >= 15 is 0 Å². The molecule has 1 heterocycles. The molecule has 0 aliphatic carbocycles. The molecule has 1 aromatic heterocycles. The lowest BCUT2D eigenvalue weighted by molar-refractivity contribution is -0.142. The highest BCUT2D eigenvalue weighted by atomic mass is 35.5. The predicted octanol–water partition coefficient (Wildman–Crippen LogP) is 2.06. The fourth-order valence-corrected chi connectivity index (χ4v) is 1.65. The van der Waals surface area contributed by atoms with Crippen LogP contribution in [0, 0.1) is 0 Å². The van der Waals surface area contributed by atoms with E-state index in [9.17, 15) is 4.79 Å². The normalized spacial score (nSPS) is 12.3. The Hall–Kier alpha value is -0.870. The van der Waals surface area contributed by atoms with Crippen LogP contribution >= 0.6 is 23.2 Å². The van der Waals surface area contributed by atoms with Gasteiger partial charge in [0.25, 0.3) is 0 Å². The molecule has 0 amide bonds. The Morgan fingerprint density at radius 1 is 1.43 bits per heavy atom. The van der Waals surface area contributed by atoms with Crippen molar-refractivity contribution in [1.29, 1.82) is 0 Å². The fraction of sp³-hybridized carbons (Fsp3) is 0.375. The minimum Gasteiger partial charge on any atom is -0.469 e. The summed E-state index contributed by atoms with van der Waals surface area (Å²) < 4.78 is 4.56. The zero-order valence-corrected chi connectivity index (χ0v) is 9.13. The minimum atomic E-state index is -0.568. The molecular formula is C8H8Cl2N2O2. The van der Waals surface area contributed by atoms with Crippen molar-refractivity contribution in [1.82, 2.24) is 9.97 Å². The molecule has 4 nitrogen and oxygen atoms in total. The van der Waals surface area contributed by atoms with Crippen molar-refractivity contribution in [2.24, 2.45) is 0 Å². The number of halogens is 2. The number of carbonyl (C=O) groups excluding carboxylic acids is 1. The van der Waals surface area contributed by atoms with E-state index in [0.717, 1.165) is 0 Å². The second kappa shape index (κ2) is 4.57. The van der Waals surface area contributed by atoms with Gasteiger partial charge in [-0.2, -0.15) is 0 Å². The molecule has 1 rings (SSSR count). The smallest absolute Gasteiger partial charge is 0.313 e. The number of aromatic nitrogens is 2. The molecule has 0 radical (unpaired) electrons. The van der Waals surface area contributed by atoms with E-state index in [1.807, 2.05) is 0 Å². The number of ether oxygens (including phenoxy) is 1. The molecule has 76 valence electrons. The second-order valence-electron chi connectivity index (χ2n) is 2.61. The van der Waals surface area contributed by atoms with Crippen molar-refractivity contribution in [3.05, 3.63) is 22.2 Å². The molecule has 0 aliphatic rings. The summed E-state index contributed by atoms with van der Waals surface area (Å²) >= 11 is 11.6. The van der Waals surface area contributed by atoms with Gasteiger partial charge in [0.1, 0.15) is 16.6 Å². The van der Waals surface area contributed by atoms with Crippen LogP contribution < -0.4 is 0 Å². The number of carbonyl (C=O) groups is 1. The van der Waals surface area contributed by atoms with Gasteiger partial charge < -0.3 is 4.74 Å². The van der Waals surface area contributed by atoms with Crippen molar-refractivity contribution >= 4 is 29.2 Å². The average molecular weight is 235 g/mol. The number of nitrogens with zero attached hydrogens (tertiary/aromatic N) is 2. The van der Waals surface area contributed by atoms with Crippen molar-refractivity contribution in [3.8, 4) is 0 Å². The van der Waals surface area contributed by atoms with Crippen LogP contribution in [0.25, 0.3) is 0 Å². The molecule has 0 fully saturated rings. The second-order valence-corrected chi connectivity index (χ2v) is 3.33. The van der Waals surface area contributed by atoms with Crippen molar-refractivity contribution in [3.63, 3.8) is 0 Å². The summed E-state index contributed by atoms with van der Waals surface area (Å²) in [5.74, 6) is -0.996. The molecule has 6 heteroatoms. The molecule has 1 atom stereocenters. The van der Waals surface area contributed by atoms with Crippen molar-refractivity contribution in [2.45, 2.75) is 12.8 Å². The Morgan fingerprint density at radius 2 is 1.93 bits per heavy atom. The minimum absolute atomic E-state index is 0.169. The summed E-state index contributed by atoms with van der Waals surface area (Å²) in [5, 5.41) is 0.339. The molecule has 1 unspecified atom stereocenters. The molecule has 14 heavy (non-hydrogen) atoms. The molecular weight excluding hydrogens is 227 g/mol. The van der Waals surface area contributed by atoms with Crippen LogP contribution in [0.15, 0.2) is 6.33 Å². The number of esters is 1. The van der Waals surface area contributed by atoms with Crippen LogP contribution in [-0.4, -0.2) is 23.0 Å². The Bertz CT molecular complexity index is 337. The van der Waals surface area contributed by atoms with Crippen LogP contribution in [0.3, 0.4) is 0 Å². The van der Waals surface area contributed by atoms with Crippen LogP contribution in [0.2, 0.25) is 10.3 Å². The third-order valence-electron chi connectivity index (χ3n) is 1.77. The highest BCUT2D eigenvalue weighted by molar-refractivity contribution is 6.34. The van der Waals surface area contributed by atoms with E-state index in [-0.39, 0.29) is 10.3 Å². The monoisotopic (exact) mass is 234 g/mol. The lowest BCUT2D eigenvalue weighted by Gasteiger charge is -2.10. The molecule has 0 bridgehead atoms. The summed E-state index contributed by atoms with van der Waals surface area (Å²) in [7, 11) is 1.30. The fourth-order valence-electron chi connectivity index (χ4n) is 1.01. The Balaban J connectivity index is 3.11. The van der Waals surface area contributed by atoms with Gasteiger partial charge in [-0.15, -0.1) is 0 Å². The molecule has 1 aromatic rings. The summed E-state index contributed by atoms with van der Waals surface area (Å²) in [4.78, 5) is 18.7. The van der Waals surface area contributed by atoms with E-state index in [4.69, 9.17) is 23.2 Å². The highest BCUT2D eigenvalue weighted by Crippen LogP contribution is 2.28.